The van der Waals surface area contributed by atoms with Gasteiger partial charge in [-0.25, -0.2) is 0 Å². The molecule has 1 rings (SSSR count). The van der Waals surface area contributed by atoms with Gasteiger partial charge in [-0.05, 0) is 17.7 Å². The SMILES string of the molecule is N#C/C=C/c1cccnc1CO. The number of allylic oxidation sites excluding steroid dienone is 1. The van der Waals surface area contributed by atoms with Gasteiger partial charge in [0.2, 0.25) is 0 Å². The van der Waals surface area contributed by atoms with E-state index in [9.17, 15) is 0 Å². The number of aliphatic hydroxyl groups excluding tert-OH is 1. The molecule has 60 valence electrons. The lowest BCUT2D eigenvalue weighted by molar-refractivity contribution is 0.276. The maximum Gasteiger partial charge on any atom is 0.0912 e. The number of rotatable bonds is 2. The van der Waals surface area contributed by atoms with Gasteiger partial charge in [0.05, 0.1) is 18.4 Å². The minimum absolute atomic E-state index is 0.105. The fraction of sp³-hybridized carbons (Fsp3) is 0.111. The number of aromatic nitrogens is 1. The van der Waals surface area contributed by atoms with Crippen LogP contribution in [-0.4, -0.2) is 10.1 Å². The molecule has 0 saturated carbocycles. The summed E-state index contributed by atoms with van der Waals surface area (Å²) in [5.74, 6) is 0. The highest BCUT2D eigenvalue weighted by atomic mass is 16.3. The van der Waals surface area contributed by atoms with E-state index in [2.05, 4.69) is 4.98 Å². The van der Waals surface area contributed by atoms with Crippen molar-refractivity contribution in [1.29, 1.82) is 5.26 Å². The summed E-state index contributed by atoms with van der Waals surface area (Å²) in [6.45, 7) is -0.105. The molecule has 0 saturated heterocycles. The minimum Gasteiger partial charge on any atom is -0.390 e. The molecule has 0 bridgehead atoms. The van der Waals surface area contributed by atoms with Crippen LogP contribution in [0.15, 0.2) is 24.4 Å². The Kier molecular flexibility index (Phi) is 3.00. The molecule has 3 heteroatoms. The smallest absolute Gasteiger partial charge is 0.0912 e. The summed E-state index contributed by atoms with van der Waals surface area (Å²) in [7, 11) is 0. The number of hydrogen-bond donors (Lipinski definition) is 1. The first kappa shape index (κ1) is 8.44. The Bertz CT molecular complexity index is 326. The standard InChI is InChI=1S/C9H8N2O/c10-5-1-3-8-4-2-6-11-9(8)7-12/h1-4,6,12H,7H2/b3-1+. The molecule has 0 aliphatic carbocycles. The summed E-state index contributed by atoms with van der Waals surface area (Å²) in [5, 5.41) is 17.1. The molecule has 0 fully saturated rings. The molecule has 0 aliphatic rings. The monoisotopic (exact) mass is 160 g/mol. The van der Waals surface area contributed by atoms with Crippen molar-refractivity contribution < 1.29 is 5.11 Å². The third-order valence-corrected chi connectivity index (χ3v) is 1.41. The van der Waals surface area contributed by atoms with Gasteiger partial charge in [0.25, 0.3) is 0 Å². The number of nitrogens with zero attached hydrogens (tertiary/aromatic N) is 2. The largest absolute Gasteiger partial charge is 0.390 e. The Hall–Kier alpha value is -1.66. The second kappa shape index (κ2) is 4.27. The molecule has 0 unspecified atom stereocenters. The Labute approximate surface area is 70.6 Å². The van der Waals surface area contributed by atoms with Crippen LogP contribution >= 0.6 is 0 Å². The van der Waals surface area contributed by atoms with Crippen LogP contribution < -0.4 is 0 Å². The van der Waals surface area contributed by atoms with Crippen LogP contribution in [0.25, 0.3) is 6.08 Å². The van der Waals surface area contributed by atoms with Crippen molar-refractivity contribution in [3.8, 4) is 6.07 Å². The van der Waals surface area contributed by atoms with Gasteiger partial charge in [-0.3, -0.25) is 4.98 Å². The lowest BCUT2D eigenvalue weighted by atomic mass is 10.2. The molecule has 1 aromatic rings. The molecule has 1 aromatic heterocycles. The van der Waals surface area contributed by atoms with Gasteiger partial charge in [0, 0.05) is 12.3 Å². The summed E-state index contributed by atoms with van der Waals surface area (Å²) in [5.41, 5.74) is 1.37. The van der Waals surface area contributed by atoms with Crippen molar-refractivity contribution in [3.05, 3.63) is 35.7 Å². The van der Waals surface area contributed by atoms with Crippen LogP contribution in [0.2, 0.25) is 0 Å². The van der Waals surface area contributed by atoms with E-state index in [-0.39, 0.29) is 6.61 Å². The Morgan fingerprint density at radius 2 is 2.50 bits per heavy atom. The molecular formula is C9H8N2O. The van der Waals surface area contributed by atoms with Crippen molar-refractivity contribution in [2.45, 2.75) is 6.61 Å². The van der Waals surface area contributed by atoms with E-state index in [0.29, 0.717) is 5.69 Å². The van der Waals surface area contributed by atoms with Gasteiger partial charge in [0.15, 0.2) is 0 Å². The van der Waals surface area contributed by atoms with E-state index < -0.39 is 0 Å². The lowest BCUT2D eigenvalue weighted by Gasteiger charge is -1.98. The zero-order valence-corrected chi connectivity index (χ0v) is 6.44. The molecule has 0 atom stereocenters. The molecule has 3 nitrogen and oxygen atoms in total. The predicted molar refractivity (Wildman–Crippen MR) is 44.8 cm³/mol. The van der Waals surface area contributed by atoms with Crippen LogP contribution in [0.5, 0.6) is 0 Å². The van der Waals surface area contributed by atoms with Gasteiger partial charge < -0.3 is 5.11 Å². The van der Waals surface area contributed by atoms with E-state index in [4.69, 9.17) is 10.4 Å². The highest BCUT2D eigenvalue weighted by Gasteiger charge is 1.96. The van der Waals surface area contributed by atoms with Gasteiger partial charge in [-0.15, -0.1) is 0 Å². The lowest BCUT2D eigenvalue weighted by Crippen LogP contribution is -1.91. The van der Waals surface area contributed by atoms with E-state index in [0.717, 1.165) is 5.56 Å². The summed E-state index contributed by atoms with van der Waals surface area (Å²) < 4.78 is 0. The molecule has 0 aliphatic heterocycles. The van der Waals surface area contributed by atoms with E-state index in [1.54, 1.807) is 24.4 Å². The van der Waals surface area contributed by atoms with Gasteiger partial charge >= 0.3 is 0 Å². The van der Waals surface area contributed by atoms with Crippen molar-refractivity contribution in [2.24, 2.45) is 0 Å². The zero-order valence-electron chi connectivity index (χ0n) is 6.44. The maximum absolute atomic E-state index is 8.84. The highest BCUT2D eigenvalue weighted by Crippen LogP contribution is 2.06. The Morgan fingerprint density at radius 3 is 3.17 bits per heavy atom. The first-order valence-electron chi connectivity index (χ1n) is 3.49. The quantitative estimate of drug-likeness (QED) is 0.659. The number of hydrogen-bond acceptors (Lipinski definition) is 3. The molecule has 0 spiro atoms. The Morgan fingerprint density at radius 1 is 1.67 bits per heavy atom. The maximum atomic E-state index is 8.84. The molecule has 0 aromatic carbocycles. The topological polar surface area (TPSA) is 56.9 Å². The van der Waals surface area contributed by atoms with E-state index in [1.807, 2.05) is 6.07 Å². The summed E-state index contributed by atoms with van der Waals surface area (Å²) >= 11 is 0. The van der Waals surface area contributed by atoms with E-state index >= 15 is 0 Å². The summed E-state index contributed by atoms with van der Waals surface area (Å²) in [6, 6.07) is 5.44. The van der Waals surface area contributed by atoms with Crippen molar-refractivity contribution in [1.82, 2.24) is 4.98 Å². The molecule has 12 heavy (non-hydrogen) atoms. The fourth-order valence-electron chi connectivity index (χ4n) is 0.861. The Balaban J connectivity index is 2.99. The second-order valence-corrected chi connectivity index (χ2v) is 2.16. The highest BCUT2D eigenvalue weighted by molar-refractivity contribution is 5.53. The number of aliphatic hydroxyl groups is 1. The van der Waals surface area contributed by atoms with Gasteiger partial charge in [0.1, 0.15) is 0 Å². The predicted octanol–water partition coefficient (Wildman–Crippen LogP) is 1.11. The van der Waals surface area contributed by atoms with Crippen molar-refractivity contribution in [2.75, 3.05) is 0 Å². The fourth-order valence-corrected chi connectivity index (χ4v) is 0.861. The molecular weight excluding hydrogens is 152 g/mol. The molecule has 0 amide bonds. The molecule has 1 heterocycles. The van der Waals surface area contributed by atoms with Gasteiger partial charge in [-0.2, -0.15) is 5.26 Å². The average molecular weight is 160 g/mol. The molecule has 0 radical (unpaired) electrons. The van der Waals surface area contributed by atoms with Crippen LogP contribution in [0, 0.1) is 11.3 Å². The summed E-state index contributed by atoms with van der Waals surface area (Å²) in [6.07, 6.45) is 4.59. The van der Waals surface area contributed by atoms with Gasteiger partial charge in [-0.1, -0.05) is 6.07 Å². The van der Waals surface area contributed by atoms with Crippen LogP contribution in [0.1, 0.15) is 11.3 Å². The molecule has 1 N–H and O–H groups in total. The number of nitriles is 1. The first-order chi connectivity index (χ1) is 5.88. The van der Waals surface area contributed by atoms with E-state index in [1.165, 1.54) is 6.08 Å². The number of pyridine rings is 1. The third kappa shape index (κ3) is 1.91. The minimum atomic E-state index is -0.105. The second-order valence-electron chi connectivity index (χ2n) is 2.16. The normalized spacial score (nSPS) is 10.0. The third-order valence-electron chi connectivity index (χ3n) is 1.41. The van der Waals surface area contributed by atoms with Crippen molar-refractivity contribution in [3.63, 3.8) is 0 Å². The zero-order chi connectivity index (χ0) is 8.81. The van der Waals surface area contributed by atoms with Crippen LogP contribution in [0.3, 0.4) is 0 Å². The van der Waals surface area contributed by atoms with Crippen molar-refractivity contribution >= 4 is 6.08 Å². The van der Waals surface area contributed by atoms with Crippen LogP contribution in [0.4, 0.5) is 0 Å². The first-order valence-corrected chi connectivity index (χ1v) is 3.49. The average Bonchev–Trinajstić information content (AvgIpc) is 2.15. The van der Waals surface area contributed by atoms with Crippen LogP contribution in [-0.2, 0) is 6.61 Å². The summed E-state index contributed by atoms with van der Waals surface area (Å²) in [4.78, 5) is 3.94.